The maximum atomic E-state index is 11.9. The minimum Gasteiger partial charge on any atom is -0.478 e. The average Bonchev–Trinajstić information content (AvgIpc) is 2.60. The van der Waals surface area contributed by atoms with Crippen LogP contribution >= 0.6 is 0 Å². The molecule has 1 aromatic carbocycles. The zero-order valence-electron chi connectivity index (χ0n) is 15.3. The number of carbonyl (C=O) groups excluding carboxylic acids is 1. The summed E-state index contributed by atoms with van der Waals surface area (Å²) in [5, 5.41) is 8.98. The summed E-state index contributed by atoms with van der Waals surface area (Å²) in [5.74, 6) is -0.786. The lowest BCUT2D eigenvalue weighted by Gasteiger charge is -2.42. The van der Waals surface area contributed by atoms with E-state index < -0.39 is 5.97 Å². The topological polar surface area (TPSA) is 70.1 Å². The molecule has 1 N–H and O–H groups in total. The van der Waals surface area contributed by atoms with E-state index in [4.69, 9.17) is 9.84 Å². The molecule has 1 fully saturated rings. The van der Waals surface area contributed by atoms with Gasteiger partial charge in [0.25, 0.3) is 0 Å². The molecule has 0 aliphatic carbocycles. The largest absolute Gasteiger partial charge is 0.478 e. The van der Waals surface area contributed by atoms with Crippen LogP contribution in [-0.2, 0) is 16.1 Å². The Morgan fingerprint density at radius 1 is 1.28 bits per heavy atom. The van der Waals surface area contributed by atoms with Gasteiger partial charge in [-0.3, -0.25) is 9.69 Å². The van der Waals surface area contributed by atoms with Crippen molar-refractivity contribution in [3.05, 3.63) is 35.4 Å². The van der Waals surface area contributed by atoms with Crippen LogP contribution in [0.5, 0.6) is 0 Å². The summed E-state index contributed by atoms with van der Waals surface area (Å²) in [4.78, 5) is 26.8. The molecule has 6 nitrogen and oxygen atoms in total. The van der Waals surface area contributed by atoms with Gasteiger partial charge in [-0.05, 0) is 43.5 Å². The van der Waals surface area contributed by atoms with E-state index in [2.05, 4.69) is 4.90 Å². The number of piperidine rings is 1. The Labute approximate surface area is 149 Å². The lowest BCUT2D eigenvalue weighted by molar-refractivity contribution is -0.132. The molecule has 1 amide bonds. The van der Waals surface area contributed by atoms with Gasteiger partial charge < -0.3 is 14.7 Å². The molecule has 2 rings (SSSR count). The molecule has 25 heavy (non-hydrogen) atoms. The van der Waals surface area contributed by atoms with E-state index in [-0.39, 0.29) is 11.5 Å². The predicted molar refractivity (Wildman–Crippen MR) is 95.6 cm³/mol. The van der Waals surface area contributed by atoms with Crippen LogP contribution in [0.4, 0.5) is 0 Å². The highest BCUT2D eigenvalue weighted by molar-refractivity contribution is 5.87. The van der Waals surface area contributed by atoms with Crippen molar-refractivity contribution in [2.45, 2.75) is 37.8 Å². The Kier molecular flexibility index (Phi) is 6.56. The number of hydrogen-bond acceptors (Lipinski definition) is 4. The predicted octanol–water partition coefficient (Wildman–Crippen LogP) is 2.23. The smallest absolute Gasteiger partial charge is 0.335 e. The van der Waals surface area contributed by atoms with Gasteiger partial charge in [-0.2, -0.15) is 0 Å². The van der Waals surface area contributed by atoms with E-state index >= 15 is 0 Å². The third-order valence-corrected chi connectivity index (χ3v) is 4.95. The van der Waals surface area contributed by atoms with Crippen molar-refractivity contribution in [1.82, 2.24) is 9.80 Å². The first-order valence-electron chi connectivity index (χ1n) is 8.65. The molecule has 1 atom stereocenters. The zero-order valence-corrected chi connectivity index (χ0v) is 15.3. The first kappa shape index (κ1) is 19.4. The standard InChI is InChI=1S/C19H28N2O4/c1-20(2)17(22)9-11-19(25-3)10-4-12-21(14-19)13-15-5-7-16(8-6-15)18(23)24/h5-8H,4,9-14H2,1-3H3,(H,23,24)/t19-/m0/s1. The number of carboxylic acids is 1. The molecule has 0 saturated carbocycles. The molecule has 6 heteroatoms. The van der Waals surface area contributed by atoms with Gasteiger partial charge in [0.2, 0.25) is 5.91 Å². The minimum absolute atomic E-state index is 0.123. The quantitative estimate of drug-likeness (QED) is 0.818. The summed E-state index contributed by atoms with van der Waals surface area (Å²) in [6.07, 6.45) is 3.19. The number of aromatic carboxylic acids is 1. The number of benzene rings is 1. The highest BCUT2D eigenvalue weighted by atomic mass is 16.5. The van der Waals surface area contributed by atoms with Gasteiger partial charge in [0, 0.05) is 40.7 Å². The van der Waals surface area contributed by atoms with E-state index in [1.165, 1.54) is 0 Å². The van der Waals surface area contributed by atoms with E-state index in [9.17, 15) is 9.59 Å². The van der Waals surface area contributed by atoms with Gasteiger partial charge in [-0.1, -0.05) is 12.1 Å². The molecule has 0 radical (unpaired) electrons. The van der Waals surface area contributed by atoms with Gasteiger partial charge in [-0.25, -0.2) is 4.79 Å². The Hall–Kier alpha value is -1.92. The maximum Gasteiger partial charge on any atom is 0.335 e. The van der Waals surface area contributed by atoms with Crippen molar-refractivity contribution in [1.29, 1.82) is 0 Å². The van der Waals surface area contributed by atoms with Crippen LogP contribution in [0, 0.1) is 0 Å². The van der Waals surface area contributed by atoms with E-state index in [0.29, 0.717) is 12.0 Å². The lowest BCUT2D eigenvalue weighted by atomic mass is 9.87. The molecule has 1 aliphatic rings. The summed E-state index contributed by atoms with van der Waals surface area (Å²) in [5.41, 5.74) is 1.10. The Bertz CT molecular complexity index is 600. The van der Waals surface area contributed by atoms with Crippen molar-refractivity contribution < 1.29 is 19.4 Å². The number of carboxylic acid groups (broad SMARTS) is 1. The molecule has 1 aromatic rings. The van der Waals surface area contributed by atoms with Crippen LogP contribution in [0.15, 0.2) is 24.3 Å². The van der Waals surface area contributed by atoms with Crippen molar-refractivity contribution in [3.8, 4) is 0 Å². The molecule has 0 bridgehead atoms. The van der Waals surface area contributed by atoms with Gasteiger partial charge in [0.15, 0.2) is 0 Å². The molecule has 1 aliphatic heterocycles. The summed E-state index contributed by atoms with van der Waals surface area (Å²) in [7, 11) is 5.27. The van der Waals surface area contributed by atoms with Gasteiger partial charge in [-0.15, -0.1) is 0 Å². The number of hydrogen-bond donors (Lipinski definition) is 1. The summed E-state index contributed by atoms with van der Waals surface area (Å²) >= 11 is 0. The number of amides is 1. The lowest BCUT2D eigenvalue weighted by Crippen LogP contribution is -2.49. The Morgan fingerprint density at radius 3 is 2.52 bits per heavy atom. The molecule has 0 unspecified atom stereocenters. The molecule has 1 heterocycles. The van der Waals surface area contributed by atoms with E-state index in [1.54, 1.807) is 38.2 Å². The van der Waals surface area contributed by atoms with Crippen LogP contribution in [0.3, 0.4) is 0 Å². The van der Waals surface area contributed by atoms with Crippen LogP contribution in [0.25, 0.3) is 0 Å². The highest BCUT2D eigenvalue weighted by Gasteiger charge is 2.35. The fourth-order valence-electron chi connectivity index (χ4n) is 3.37. The van der Waals surface area contributed by atoms with E-state index in [0.717, 1.165) is 44.5 Å². The van der Waals surface area contributed by atoms with Gasteiger partial charge in [0.1, 0.15) is 0 Å². The Balaban J connectivity index is 1.98. The average molecular weight is 348 g/mol. The number of likely N-dealkylation sites (tertiary alicyclic amines) is 1. The van der Waals surface area contributed by atoms with Gasteiger partial charge >= 0.3 is 5.97 Å². The SMILES string of the molecule is CO[C@]1(CCC(=O)N(C)C)CCCN(Cc2ccc(C(=O)O)cc2)C1. The second-order valence-electron chi connectivity index (χ2n) is 6.99. The highest BCUT2D eigenvalue weighted by Crippen LogP contribution is 2.30. The molecular formula is C19H28N2O4. The molecular weight excluding hydrogens is 320 g/mol. The van der Waals surface area contributed by atoms with Crippen molar-refractivity contribution >= 4 is 11.9 Å². The number of methoxy groups -OCH3 is 1. The molecule has 138 valence electrons. The number of ether oxygens (including phenoxy) is 1. The van der Waals surface area contributed by atoms with E-state index in [1.807, 2.05) is 12.1 Å². The normalized spacial score (nSPS) is 21.1. The zero-order chi connectivity index (χ0) is 18.4. The van der Waals surface area contributed by atoms with Crippen molar-refractivity contribution in [2.75, 3.05) is 34.3 Å². The first-order chi connectivity index (χ1) is 11.8. The molecule has 1 saturated heterocycles. The third-order valence-electron chi connectivity index (χ3n) is 4.95. The summed E-state index contributed by atoms with van der Waals surface area (Å²) in [6.45, 7) is 2.52. The fourth-order valence-corrected chi connectivity index (χ4v) is 3.37. The maximum absolute atomic E-state index is 11.9. The summed E-state index contributed by atoms with van der Waals surface area (Å²) in [6, 6.07) is 7.01. The molecule has 0 aromatic heterocycles. The number of carbonyl (C=O) groups is 2. The second kappa shape index (κ2) is 8.45. The van der Waals surface area contributed by atoms with Gasteiger partial charge in [0.05, 0.1) is 11.2 Å². The third kappa shape index (κ3) is 5.28. The van der Waals surface area contributed by atoms with Crippen LogP contribution in [0.1, 0.15) is 41.6 Å². The number of rotatable bonds is 7. The second-order valence-corrected chi connectivity index (χ2v) is 6.99. The van der Waals surface area contributed by atoms with Crippen LogP contribution < -0.4 is 0 Å². The van der Waals surface area contributed by atoms with Crippen LogP contribution in [-0.4, -0.2) is 66.7 Å². The van der Waals surface area contributed by atoms with Crippen molar-refractivity contribution in [2.24, 2.45) is 0 Å². The monoisotopic (exact) mass is 348 g/mol. The molecule has 0 spiro atoms. The minimum atomic E-state index is -0.909. The first-order valence-corrected chi connectivity index (χ1v) is 8.65. The summed E-state index contributed by atoms with van der Waals surface area (Å²) < 4.78 is 5.84. The Morgan fingerprint density at radius 2 is 1.96 bits per heavy atom. The fraction of sp³-hybridized carbons (Fsp3) is 0.579. The van der Waals surface area contributed by atoms with Crippen molar-refractivity contribution in [3.63, 3.8) is 0 Å². The van der Waals surface area contributed by atoms with Crippen LogP contribution in [0.2, 0.25) is 0 Å². The number of nitrogens with zero attached hydrogens (tertiary/aromatic N) is 2.